The van der Waals surface area contributed by atoms with Gasteiger partial charge in [-0.2, -0.15) is 18.3 Å². The van der Waals surface area contributed by atoms with E-state index >= 15 is 0 Å². The summed E-state index contributed by atoms with van der Waals surface area (Å²) in [6, 6.07) is 39.8. The van der Waals surface area contributed by atoms with E-state index in [1.165, 1.54) is 30.3 Å². The van der Waals surface area contributed by atoms with E-state index in [9.17, 15) is 26.4 Å². The van der Waals surface area contributed by atoms with Gasteiger partial charge >= 0.3 is 12.1 Å². The topological polar surface area (TPSA) is 81.1 Å². The molecule has 44 heavy (non-hydrogen) atoms. The van der Waals surface area contributed by atoms with Crippen LogP contribution in [0.25, 0.3) is 10.9 Å². The summed E-state index contributed by atoms with van der Waals surface area (Å²) in [6.45, 7) is 0. The number of sulfone groups is 1. The van der Waals surface area contributed by atoms with Gasteiger partial charge in [0.2, 0.25) is 9.84 Å². The summed E-state index contributed by atoms with van der Waals surface area (Å²) in [5.41, 5.74) is 1.25. The van der Waals surface area contributed by atoms with Gasteiger partial charge in [-0.25, -0.2) is 13.1 Å². The molecule has 0 saturated heterocycles. The Morgan fingerprint density at radius 3 is 1.55 bits per heavy atom. The van der Waals surface area contributed by atoms with Crippen molar-refractivity contribution in [2.24, 2.45) is 0 Å². The van der Waals surface area contributed by atoms with Crippen LogP contribution in [0.5, 0.6) is 0 Å². The molecule has 1 aromatic heterocycles. The highest BCUT2D eigenvalue weighted by molar-refractivity contribution is 7.91. The number of nitrogens with zero attached hydrogens (tertiary/aromatic N) is 2. The monoisotopic (exact) mass is 611 g/mol. The first-order chi connectivity index (χ1) is 21.1. The predicted octanol–water partition coefficient (Wildman–Crippen LogP) is 7.21. The minimum Gasteiger partial charge on any atom is -0.301 e. The first-order valence-corrected chi connectivity index (χ1v) is 15.0. The molecule has 0 atom stereocenters. The number of hydrogen-bond donors (Lipinski definition) is 1. The Labute approximate surface area is 251 Å². The number of alkyl halides is 3. The fourth-order valence-corrected chi connectivity index (χ4v) is 6.74. The van der Waals surface area contributed by atoms with Crippen molar-refractivity contribution in [2.45, 2.75) is 21.5 Å². The smallest absolute Gasteiger partial charge is 0.301 e. The van der Waals surface area contributed by atoms with Crippen molar-refractivity contribution >= 4 is 32.5 Å². The number of carbonyl (C=O) groups excluding carboxylic acids is 1. The number of fused-ring (bicyclic) bond motifs is 1. The van der Waals surface area contributed by atoms with Gasteiger partial charge in [0.05, 0.1) is 15.3 Å². The zero-order valence-corrected chi connectivity index (χ0v) is 23.8. The highest BCUT2D eigenvalue weighted by Gasteiger charge is 2.43. The number of carbonyl (C=O) groups is 1. The molecule has 0 bridgehead atoms. The molecule has 0 aliphatic carbocycles. The van der Waals surface area contributed by atoms with Gasteiger partial charge in [-0.15, -0.1) is 0 Å². The molecule has 5 aromatic carbocycles. The third-order valence-electron chi connectivity index (χ3n) is 7.40. The van der Waals surface area contributed by atoms with Gasteiger partial charge in [-0.1, -0.05) is 109 Å². The summed E-state index contributed by atoms with van der Waals surface area (Å²) in [5, 5.41) is 6.55. The van der Waals surface area contributed by atoms with Crippen LogP contribution in [0.3, 0.4) is 0 Å². The normalized spacial score (nSPS) is 12.2. The van der Waals surface area contributed by atoms with Gasteiger partial charge in [-0.3, -0.25) is 4.79 Å². The van der Waals surface area contributed by atoms with Crippen molar-refractivity contribution in [3.8, 4) is 0 Å². The summed E-state index contributed by atoms with van der Waals surface area (Å²) >= 11 is 0. The Morgan fingerprint density at radius 2 is 1.09 bits per heavy atom. The van der Waals surface area contributed by atoms with Crippen molar-refractivity contribution < 1.29 is 26.4 Å². The van der Waals surface area contributed by atoms with E-state index < -0.39 is 33.3 Å². The lowest BCUT2D eigenvalue weighted by atomic mass is 9.77. The number of amides is 1. The van der Waals surface area contributed by atoms with E-state index in [2.05, 4.69) is 5.10 Å². The van der Waals surface area contributed by atoms with Crippen LogP contribution in [0.15, 0.2) is 149 Å². The number of aromatic nitrogens is 2. The lowest BCUT2D eigenvalue weighted by Crippen LogP contribution is -2.38. The standard InChI is InChI=1S/C34H24F3N3O3S/c35-34(36,37)32(41)38-31-29-23-28(44(42,43)27-19-11-4-12-20-27)21-22-30(29)40(39-31)33(24-13-5-1-6-14-24,25-15-7-2-8-16-25)26-17-9-3-10-18-26/h1-23H,(H,38,39,41). The third-order valence-corrected chi connectivity index (χ3v) is 9.16. The number of hydrogen-bond acceptors (Lipinski definition) is 4. The first kappa shape index (κ1) is 28.9. The van der Waals surface area contributed by atoms with E-state index in [-0.39, 0.29) is 15.2 Å². The minimum absolute atomic E-state index is 0.0137. The largest absolute Gasteiger partial charge is 0.471 e. The summed E-state index contributed by atoms with van der Waals surface area (Å²) in [6.07, 6.45) is -5.21. The Kier molecular flexibility index (Phi) is 7.30. The van der Waals surface area contributed by atoms with Crippen molar-refractivity contribution in [2.75, 3.05) is 5.32 Å². The maximum Gasteiger partial charge on any atom is 0.471 e. The Bertz CT molecular complexity index is 1950. The SMILES string of the molecule is O=C(Nc1nn(C(c2ccccc2)(c2ccccc2)c2ccccc2)c2ccc(S(=O)(=O)c3ccccc3)cc12)C(F)(F)F. The van der Waals surface area contributed by atoms with Gasteiger partial charge in [-0.05, 0) is 47.0 Å². The quantitative estimate of drug-likeness (QED) is 0.194. The molecule has 6 nitrogen and oxygen atoms in total. The second-order valence-electron chi connectivity index (χ2n) is 10.0. The van der Waals surface area contributed by atoms with Gasteiger partial charge in [0.1, 0.15) is 5.54 Å². The fraction of sp³-hybridized carbons (Fsp3) is 0.0588. The molecule has 0 aliphatic heterocycles. The van der Waals surface area contributed by atoms with Crippen molar-refractivity contribution in [3.05, 3.63) is 156 Å². The molecule has 10 heteroatoms. The van der Waals surface area contributed by atoms with Crippen LogP contribution in [0.4, 0.5) is 19.0 Å². The maximum absolute atomic E-state index is 13.5. The van der Waals surface area contributed by atoms with Crippen molar-refractivity contribution in [1.29, 1.82) is 0 Å². The molecular formula is C34H24F3N3O3S. The zero-order chi connectivity index (χ0) is 31.0. The van der Waals surface area contributed by atoms with E-state index in [4.69, 9.17) is 0 Å². The molecule has 0 radical (unpaired) electrons. The van der Waals surface area contributed by atoms with Gasteiger partial charge in [0.15, 0.2) is 5.82 Å². The van der Waals surface area contributed by atoms with Crippen LogP contribution in [0, 0.1) is 0 Å². The Hall–Kier alpha value is -5.22. The van der Waals surface area contributed by atoms with Gasteiger partial charge in [0, 0.05) is 5.39 Å². The fourth-order valence-electron chi connectivity index (χ4n) is 5.43. The molecule has 1 heterocycles. The molecule has 6 aromatic rings. The van der Waals surface area contributed by atoms with Crippen LogP contribution >= 0.6 is 0 Å². The Balaban J connectivity index is 1.72. The Morgan fingerprint density at radius 1 is 0.636 bits per heavy atom. The lowest BCUT2D eigenvalue weighted by Gasteiger charge is -2.37. The van der Waals surface area contributed by atoms with Crippen molar-refractivity contribution in [1.82, 2.24) is 9.78 Å². The first-order valence-electron chi connectivity index (χ1n) is 13.5. The number of rotatable bonds is 7. The molecule has 0 aliphatic rings. The zero-order valence-electron chi connectivity index (χ0n) is 22.9. The molecule has 1 N–H and O–H groups in total. The van der Waals surface area contributed by atoms with Crippen molar-refractivity contribution in [3.63, 3.8) is 0 Å². The van der Waals surface area contributed by atoms with E-state index in [1.54, 1.807) is 22.9 Å². The van der Waals surface area contributed by atoms with E-state index in [1.807, 2.05) is 96.3 Å². The molecule has 6 rings (SSSR count). The summed E-state index contributed by atoms with van der Waals surface area (Å²) in [5.74, 6) is -2.66. The molecule has 0 fully saturated rings. The highest BCUT2D eigenvalue weighted by Crippen LogP contribution is 2.44. The summed E-state index contributed by atoms with van der Waals surface area (Å²) in [7, 11) is -4.06. The van der Waals surface area contributed by atoms with Crippen LogP contribution in [0.1, 0.15) is 16.7 Å². The summed E-state index contributed by atoms with van der Waals surface area (Å²) in [4.78, 5) is 12.1. The number of anilines is 1. The average molecular weight is 612 g/mol. The third kappa shape index (κ3) is 4.92. The summed E-state index contributed by atoms with van der Waals surface area (Å²) < 4.78 is 69.2. The van der Waals surface area contributed by atoms with Gasteiger partial charge < -0.3 is 5.32 Å². The van der Waals surface area contributed by atoms with Gasteiger partial charge in [0.25, 0.3) is 0 Å². The number of halogens is 3. The number of benzene rings is 5. The lowest BCUT2D eigenvalue weighted by molar-refractivity contribution is -0.167. The maximum atomic E-state index is 13.5. The minimum atomic E-state index is -5.21. The molecule has 220 valence electrons. The van der Waals surface area contributed by atoms with Crippen LogP contribution < -0.4 is 5.32 Å². The van der Waals surface area contributed by atoms with Crippen LogP contribution in [0.2, 0.25) is 0 Å². The van der Waals surface area contributed by atoms with E-state index in [0.29, 0.717) is 5.52 Å². The highest BCUT2D eigenvalue weighted by atomic mass is 32.2. The van der Waals surface area contributed by atoms with E-state index in [0.717, 1.165) is 16.7 Å². The predicted molar refractivity (Wildman–Crippen MR) is 161 cm³/mol. The van der Waals surface area contributed by atoms with Crippen LogP contribution in [-0.2, 0) is 20.2 Å². The molecule has 1 amide bonds. The molecule has 0 saturated carbocycles. The molecule has 0 unspecified atom stereocenters. The molecule has 0 spiro atoms. The van der Waals surface area contributed by atoms with Crippen LogP contribution in [-0.4, -0.2) is 30.3 Å². The molecular weight excluding hydrogens is 587 g/mol. The number of nitrogens with one attached hydrogen (secondary N) is 1. The second kappa shape index (κ2) is 11.1. The average Bonchev–Trinajstić information content (AvgIpc) is 3.40. The second-order valence-corrected chi connectivity index (χ2v) is 12.0.